The zero-order valence-corrected chi connectivity index (χ0v) is 19.2. The fourth-order valence-corrected chi connectivity index (χ4v) is 5.70. The van der Waals surface area contributed by atoms with Crippen molar-refractivity contribution in [3.05, 3.63) is 41.7 Å². The number of aliphatic hydroxyl groups is 2. The third-order valence-electron chi connectivity index (χ3n) is 7.76. The van der Waals surface area contributed by atoms with Gasteiger partial charge < -0.3 is 14.9 Å². The van der Waals surface area contributed by atoms with Crippen LogP contribution in [0.4, 0.5) is 4.39 Å². The fourth-order valence-electron chi connectivity index (χ4n) is 5.70. The van der Waals surface area contributed by atoms with Crippen molar-refractivity contribution in [2.24, 2.45) is 17.8 Å². The maximum atomic E-state index is 14.5. The van der Waals surface area contributed by atoms with Gasteiger partial charge in [-0.05, 0) is 79.9 Å². The van der Waals surface area contributed by atoms with E-state index in [1.165, 1.54) is 64.2 Å². The van der Waals surface area contributed by atoms with E-state index in [2.05, 4.69) is 13.5 Å². The van der Waals surface area contributed by atoms with Crippen LogP contribution in [0.15, 0.2) is 30.4 Å². The van der Waals surface area contributed by atoms with Gasteiger partial charge in [0.2, 0.25) is 6.29 Å². The van der Waals surface area contributed by atoms with E-state index in [9.17, 15) is 9.50 Å². The standard InChI is InChI=1S/C27H41FO3/c1-3-4-5-6-20-7-9-21(10-8-20)22-11-13-23(14-12-22)24-15-16-26(25(28)17-24)31-27(30)19(2)18-29/h15-17,20-23,27,29-30H,2-14,18H2,1H3. The van der Waals surface area contributed by atoms with E-state index in [0.29, 0.717) is 5.92 Å². The topological polar surface area (TPSA) is 49.7 Å². The summed E-state index contributed by atoms with van der Waals surface area (Å²) in [4.78, 5) is 0. The lowest BCUT2D eigenvalue weighted by atomic mass is 9.68. The lowest BCUT2D eigenvalue weighted by Crippen LogP contribution is -2.25. The second-order valence-corrected chi connectivity index (χ2v) is 9.86. The van der Waals surface area contributed by atoms with Crippen LogP contribution < -0.4 is 4.74 Å². The van der Waals surface area contributed by atoms with Crippen molar-refractivity contribution >= 4 is 0 Å². The summed E-state index contributed by atoms with van der Waals surface area (Å²) in [5.74, 6) is 2.65. The summed E-state index contributed by atoms with van der Waals surface area (Å²) >= 11 is 0. The summed E-state index contributed by atoms with van der Waals surface area (Å²) in [5, 5.41) is 18.8. The molecule has 0 radical (unpaired) electrons. The Morgan fingerprint density at radius 2 is 1.71 bits per heavy atom. The zero-order valence-electron chi connectivity index (χ0n) is 19.2. The predicted molar refractivity (Wildman–Crippen MR) is 124 cm³/mol. The van der Waals surface area contributed by atoms with Crippen molar-refractivity contribution in [1.82, 2.24) is 0 Å². The van der Waals surface area contributed by atoms with Gasteiger partial charge in [0.1, 0.15) is 0 Å². The minimum absolute atomic E-state index is 0.00441. The predicted octanol–water partition coefficient (Wildman–Crippen LogP) is 6.73. The van der Waals surface area contributed by atoms with Crippen LogP contribution >= 0.6 is 0 Å². The van der Waals surface area contributed by atoms with E-state index in [-0.39, 0.29) is 11.3 Å². The number of ether oxygens (including phenoxy) is 1. The minimum atomic E-state index is -1.40. The molecule has 1 unspecified atom stereocenters. The van der Waals surface area contributed by atoms with E-state index in [4.69, 9.17) is 9.84 Å². The second kappa shape index (κ2) is 12.0. The van der Waals surface area contributed by atoms with Crippen LogP contribution in [0.1, 0.15) is 95.5 Å². The van der Waals surface area contributed by atoms with Gasteiger partial charge in [0.25, 0.3) is 0 Å². The highest BCUT2D eigenvalue weighted by atomic mass is 19.1. The van der Waals surface area contributed by atoms with Gasteiger partial charge in [-0.2, -0.15) is 0 Å². The minimum Gasteiger partial charge on any atom is -0.458 e. The molecule has 2 fully saturated rings. The highest BCUT2D eigenvalue weighted by Gasteiger charge is 2.31. The van der Waals surface area contributed by atoms with E-state index in [0.717, 1.165) is 36.2 Å². The van der Waals surface area contributed by atoms with Crippen LogP contribution in [0, 0.1) is 23.6 Å². The Kier molecular flexibility index (Phi) is 9.40. The number of benzene rings is 1. The Hall–Kier alpha value is -1.39. The molecule has 31 heavy (non-hydrogen) atoms. The second-order valence-electron chi connectivity index (χ2n) is 9.86. The van der Waals surface area contributed by atoms with Gasteiger partial charge in [0, 0.05) is 5.57 Å². The molecule has 1 atom stereocenters. The monoisotopic (exact) mass is 432 g/mol. The highest BCUT2D eigenvalue weighted by Crippen LogP contribution is 2.44. The molecule has 0 saturated heterocycles. The summed E-state index contributed by atoms with van der Waals surface area (Å²) in [6.07, 6.45) is 14.6. The molecular formula is C27H41FO3. The molecule has 0 bridgehead atoms. The molecule has 0 aliphatic heterocycles. The Balaban J connectivity index is 1.45. The van der Waals surface area contributed by atoms with Crippen LogP contribution in [-0.2, 0) is 0 Å². The van der Waals surface area contributed by atoms with Crippen LogP contribution in [0.2, 0.25) is 0 Å². The molecule has 0 heterocycles. The van der Waals surface area contributed by atoms with Crippen LogP contribution in [0.3, 0.4) is 0 Å². The molecule has 1 aromatic carbocycles. The van der Waals surface area contributed by atoms with Gasteiger partial charge in [-0.3, -0.25) is 0 Å². The average Bonchev–Trinajstić information content (AvgIpc) is 2.80. The first-order valence-corrected chi connectivity index (χ1v) is 12.4. The van der Waals surface area contributed by atoms with Gasteiger partial charge in [-0.25, -0.2) is 4.39 Å². The number of unbranched alkanes of at least 4 members (excludes halogenated alkanes) is 2. The smallest absolute Gasteiger partial charge is 0.222 e. The molecule has 2 N–H and O–H groups in total. The molecule has 3 nitrogen and oxygen atoms in total. The Morgan fingerprint density at radius 3 is 2.29 bits per heavy atom. The molecule has 2 aliphatic rings. The lowest BCUT2D eigenvalue weighted by Gasteiger charge is -2.38. The summed E-state index contributed by atoms with van der Waals surface area (Å²) < 4.78 is 19.7. The molecule has 1 aromatic rings. The van der Waals surface area contributed by atoms with Gasteiger partial charge in [0.15, 0.2) is 11.6 Å². The third kappa shape index (κ3) is 6.79. The molecule has 2 saturated carbocycles. The van der Waals surface area contributed by atoms with E-state index < -0.39 is 18.7 Å². The van der Waals surface area contributed by atoms with Crippen molar-refractivity contribution in [2.75, 3.05) is 6.61 Å². The van der Waals surface area contributed by atoms with Crippen molar-refractivity contribution in [1.29, 1.82) is 0 Å². The Labute approximate surface area is 187 Å². The summed E-state index contributed by atoms with van der Waals surface area (Å²) in [7, 11) is 0. The normalized spacial score (nSPS) is 27.6. The third-order valence-corrected chi connectivity index (χ3v) is 7.76. The lowest BCUT2D eigenvalue weighted by molar-refractivity contribution is 0.00461. The largest absolute Gasteiger partial charge is 0.458 e. The van der Waals surface area contributed by atoms with Gasteiger partial charge in [-0.1, -0.05) is 58.1 Å². The first-order chi connectivity index (χ1) is 15.0. The maximum absolute atomic E-state index is 14.5. The quantitative estimate of drug-likeness (QED) is 0.245. The highest BCUT2D eigenvalue weighted by molar-refractivity contribution is 5.32. The van der Waals surface area contributed by atoms with Crippen LogP contribution in [0.5, 0.6) is 5.75 Å². The first-order valence-electron chi connectivity index (χ1n) is 12.4. The van der Waals surface area contributed by atoms with E-state index in [1.54, 1.807) is 12.1 Å². The number of rotatable bonds is 10. The summed E-state index contributed by atoms with van der Waals surface area (Å²) in [6, 6.07) is 5.06. The molecule has 4 heteroatoms. The van der Waals surface area contributed by atoms with Crippen molar-refractivity contribution in [3.8, 4) is 5.75 Å². The molecule has 174 valence electrons. The number of hydrogen-bond acceptors (Lipinski definition) is 3. The molecule has 0 aromatic heterocycles. The number of halogens is 1. The Bertz CT molecular complexity index is 688. The maximum Gasteiger partial charge on any atom is 0.222 e. The molecule has 3 rings (SSSR count). The van der Waals surface area contributed by atoms with Crippen molar-refractivity contribution < 1.29 is 19.3 Å². The fraction of sp³-hybridized carbons (Fsp3) is 0.704. The van der Waals surface area contributed by atoms with Crippen molar-refractivity contribution in [2.45, 2.75) is 96.2 Å². The van der Waals surface area contributed by atoms with Crippen LogP contribution in [0.25, 0.3) is 0 Å². The zero-order chi connectivity index (χ0) is 22.2. The van der Waals surface area contributed by atoms with Gasteiger partial charge >= 0.3 is 0 Å². The SMILES string of the molecule is C=C(CO)C(O)Oc1ccc(C2CCC(C3CCC(CCCCC)CC3)CC2)cc1F. The molecule has 0 spiro atoms. The average molecular weight is 433 g/mol. The number of hydrogen-bond donors (Lipinski definition) is 2. The first kappa shape index (κ1) is 24.3. The van der Waals surface area contributed by atoms with Gasteiger partial charge in [0.05, 0.1) is 6.61 Å². The number of aliphatic hydroxyl groups excluding tert-OH is 2. The summed E-state index contributed by atoms with van der Waals surface area (Å²) in [5.41, 5.74) is 1.13. The summed E-state index contributed by atoms with van der Waals surface area (Å²) in [6.45, 7) is 5.39. The molecule has 0 amide bonds. The molecular weight excluding hydrogens is 391 g/mol. The van der Waals surface area contributed by atoms with E-state index >= 15 is 0 Å². The molecule has 2 aliphatic carbocycles. The van der Waals surface area contributed by atoms with E-state index in [1.807, 2.05) is 6.07 Å². The van der Waals surface area contributed by atoms with Crippen LogP contribution in [-0.4, -0.2) is 23.1 Å². The Morgan fingerprint density at radius 1 is 1.06 bits per heavy atom. The van der Waals surface area contributed by atoms with Gasteiger partial charge in [-0.15, -0.1) is 0 Å². The van der Waals surface area contributed by atoms with Crippen molar-refractivity contribution in [3.63, 3.8) is 0 Å².